The number of benzene rings is 1. The van der Waals surface area contributed by atoms with E-state index in [-0.39, 0.29) is 12.1 Å². The highest BCUT2D eigenvalue weighted by Gasteiger charge is 2.28. The predicted octanol–water partition coefficient (Wildman–Crippen LogP) is 2.06. The van der Waals surface area contributed by atoms with E-state index in [1.807, 2.05) is 36.6 Å². The van der Waals surface area contributed by atoms with Crippen LogP contribution in [0.25, 0.3) is 0 Å². The number of morpholine rings is 1. The Labute approximate surface area is 146 Å². The number of hydrogen-bond acceptors (Lipinski definition) is 5. The Morgan fingerprint density at radius 2 is 2.17 bits per heavy atom. The molecule has 0 bridgehead atoms. The van der Waals surface area contributed by atoms with Crippen molar-refractivity contribution < 1.29 is 19.1 Å². The molecule has 0 saturated carbocycles. The number of urea groups is 1. The maximum Gasteiger partial charge on any atom is 0.328 e. The van der Waals surface area contributed by atoms with Crippen molar-refractivity contribution in [1.82, 2.24) is 10.2 Å². The molecule has 0 radical (unpaired) electrons. The lowest BCUT2D eigenvalue weighted by Gasteiger charge is -2.34. The summed E-state index contributed by atoms with van der Waals surface area (Å²) in [5, 5.41) is 2.79. The highest BCUT2D eigenvalue weighted by Crippen LogP contribution is 2.22. The minimum atomic E-state index is -0.618. The van der Waals surface area contributed by atoms with Gasteiger partial charge in [-0.25, -0.2) is 9.59 Å². The second kappa shape index (κ2) is 9.54. The largest absolute Gasteiger partial charge is 0.467 e. The molecule has 0 spiro atoms. The summed E-state index contributed by atoms with van der Waals surface area (Å²) in [5.41, 5.74) is 1.04. The number of methoxy groups -OCH3 is 1. The minimum absolute atomic E-state index is 0.145. The number of carbonyl (C=O) groups excluding carboxylic acids is 2. The molecule has 24 heavy (non-hydrogen) atoms. The molecule has 1 heterocycles. The monoisotopic (exact) mass is 352 g/mol. The minimum Gasteiger partial charge on any atom is -0.467 e. The molecule has 2 amide bonds. The van der Waals surface area contributed by atoms with Gasteiger partial charge in [-0.15, -0.1) is 0 Å². The molecule has 1 aromatic rings. The second-order valence-electron chi connectivity index (χ2n) is 5.52. The zero-order chi connectivity index (χ0) is 17.4. The van der Waals surface area contributed by atoms with Crippen molar-refractivity contribution in [2.24, 2.45) is 0 Å². The van der Waals surface area contributed by atoms with Crippen molar-refractivity contribution >= 4 is 23.8 Å². The molecule has 1 saturated heterocycles. The van der Waals surface area contributed by atoms with Crippen LogP contribution in [0.3, 0.4) is 0 Å². The summed E-state index contributed by atoms with van der Waals surface area (Å²) < 4.78 is 10.5. The summed E-state index contributed by atoms with van der Waals surface area (Å²) in [4.78, 5) is 26.0. The zero-order valence-electron chi connectivity index (χ0n) is 14.1. The molecule has 1 aliphatic heterocycles. The first-order chi connectivity index (χ1) is 11.7. The van der Waals surface area contributed by atoms with E-state index in [2.05, 4.69) is 5.32 Å². The van der Waals surface area contributed by atoms with Crippen molar-refractivity contribution in [3.05, 3.63) is 35.9 Å². The average molecular weight is 352 g/mol. The number of esters is 1. The van der Waals surface area contributed by atoms with Crippen LogP contribution in [-0.4, -0.2) is 61.8 Å². The average Bonchev–Trinajstić information content (AvgIpc) is 2.65. The van der Waals surface area contributed by atoms with E-state index >= 15 is 0 Å². The van der Waals surface area contributed by atoms with Crippen molar-refractivity contribution in [3.63, 3.8) is 0 Å². The van der Waals surface area contributed by atoms with Crippen LogP contribution in [-0.2, 0) is 14.3 Å². The van der Waals surface area contributed by atoms with Gasteiger partial charge in [-0.05, 0) is 24.0 Å². The zero-order valence-corrected chi connectivity index (χ0v) is 14.9. The van der Waals surface area contributed by atoms with Crippen molar-refractivity contribution in [3.8, 4) is 0 Å². The molecule has 6 nitrogen and oxygen atoms in total. The third-order valence-electron chi connectivity index (χ3n) is 3.92. The number of amides is 2. The molecule has 1 aromatic carbocycles. The smallest absolute Gasteiger partial charge is 0.328 e. The van der Waals surface area contributed by atoms with Crippen LogP contribution in [0.2, 0.25) is 0 Å². The van der Waals surface area contributed by atoms with Gasteiger partial charge in [-0.3, -0.25) is 0 Å². The van der Waals surface area contributed by atoms with Crippen LogP contribution < -0.4 is 5.32 Å². The van der Waals surface area contributed by atoms with Crippen molar-refractivity contribution in [1.29, 1.82) is 0 Å². The van der Waals surface area contributed by atoms with Crippen LogP contribution in [0.1, 0.15) is 18.1 Å². The Kier molecular flexibility index (Phi) is 7.39. The molecular formula is C17H24N2O4S. The number of nitrogens with one attached hydrogen (secondary N) is 1. The summed E-state index contributed by atoms with van der Waals surface area (Å²) in [6.45, 7) is 1.44. The quantitative estimate of drug-likeness (QED) is 0.794. The van der Waals surface area contributed by atoms with E-state index < -0.39 is 12.0 Å². The van der Waals surface area contributed by atoms with Gasteiger partial charge in [0.15, 0.2) is 0 Å². The molecule has 132 valence electrons. The van der Waals surface area contributed by atoms with Crippen LogP contribution in [0.15, 0.2) is 30.3 Å². The normalized spacial score (nSPS) is 18.8. The molecule has 1 fully saturated rings. The number of thioether (sulfide) groups is 1. The van der Waals surface area contributed by atoms with Crippen LogP contribution in [0, 0.1) is 0 Å². The molecule has 7 heteroatoms. The summed E-state index contributed by atoms with van der Waals surface area (Å²) in [6, 6.07) is 8.96. The van der Waals surface area contributed by atoms with Gasteiger partial charge in [-0.1, -0.05) is 30.3 Å². The number of ether oxygens (including phenoxy) is 2. The lowest BCUT2D eigenvalue weighted by atomic mass is 10.1. The van der Waals surface area contributed by atoms with Crippen LogP contribution in [0.4, 0.5) is 4.79 Å². The molecule has 0 aromatic heterocycles. The fourth-order valence-electron chi connectivity index (χ4n) is 2.57. The first-order valence-corrected chi connectivity index (χ1v) is 9.34. The number of rotatable bonds is 6. The van der Waals surface area contributed by atoms with Gasteiger partial charge < -0.3 is 19.7 Å². The SMILES string of the molecule is COC(=O)C(CCSC)NC(=O)N1CCOC(c2ccccc2)C1. The van der Waals surface area contributed by atoms with E-state index in [0.29, 0.717) is 26.1 Å². The fraction of sp³-hybridized carbons (Fsp3) is 0.529. The van der Waals surface area contributed by atoms with Gasteiger partial charge in [0, 0.05) is 6.54 Å². The molecule has 2 atom stereocenters. The molecule has 1 aliphatic rings. The fourth-order valence-corrected chi connectivity index (χ4v) is 3.04. The third-order valence-corrected chi connectivity index (χ3v) is 4.56. The Hall–Kier alpha value is -1.73. The summed E-state index contributed by atoms with van der Waals surface area (Å²) in [7, 11) is 1.33. The summed E-state index contributed by atoms with van der Waals surface area (Å²) in [5.74, 6) is 0.362. The van der Waals surface area contributed by atoms with Gasteiger partial charge in [0.05, 0.1) is 20.3 Å². The maximum absolute atomic E-state index is 12.5. The Bertz CT molecular complexity index is 541. The van der Waals surface area contributed by atoms with Gasteiger partial charge in [-0.2, -0.15) is 11.8 Å². The summed E-state index contributed by atoms with van der Waals surface area (Å²) >= 11 is 1.63. The lowest BCUT2D eigenvalue weighted by Crippen LogP contribution is -2.52. The van der Waals surface area contributed by atoms with Gasteiger partial charge in [0.25, 0.3) is 0 Å². The van der Waals surface area contributed by atoms with Gasteiger partial charge >= 0.3 is 12.0 Å². The highest BCUT2D eigenvalue weighted by atomic mass is 32.2. The first kappa shape index (κ1) is 18.6. The molecule has 1 N–H and O–H groups in total. The van der Waals surface area contributed by atoms with E-state index in [4.69, 9.17) is 9.47 Å². The van der Waals surface area contributed by atoms with Gasteiger partial charge in [0.2, 0.25) is 0 Å². The van der Waals surface area contributed by atoms with E-state index in [1.54, 1.807) is 16.7 Å². The summed E-state index contributed by atoms with van der Waals surface area (Å²) in [6.07, 6.45) is 2.36. The molecule has 2 rings (SSSR count). The Balaban J connectivity index is 1.96. The van der Waals surface area contributed by atoms with E-state index in [0.717, 1.165) is 11.3 Å². The number of hydrogen-bond donors (Lipinski definition) is 1. The molecule has 0 aliphatic carbocycles. The highest BCUT2D eigenvalue weighted by molar-refractivity contribution is 7.98. The molecular weight excluding hydrogens is 328 g/mol. The van der Waals surface area contributed by atoms with Crippen LogP contribution >= 0.6 is 11.8 Å². The topological polar surface area (TPSA) is 67.9 Å². The van der Waals surface area contributed by atoms with Crippen molar-refractivity contribution in [2.75, 3.05) is 38.8 Å². The third kappa shape index (κ3) is 5.14. The number of carbonyl (C=O) groups is 2. The van der Waals surface area contributed by atoms with Crippen LogP contribution in [0.5, 0.6) is 0 Å². The number of nitrogens with zero attached hydrogens (tertiary/aromatic N) is 1. The standard InChI is InChI=1S/C17H24N2O4S/c1-22-16(20)14(8-11-24-2)18-17(21)19-9-10-23-15(12-19)13-6-4-3-5-7-13/h3-7,14-15H,8-12H2,1-2H3,(H,18,21). The first-order valence-electron chi connectivity index (χ1n) is 7.94. The van der Waals surface area contributed by atoms with E-state index in [1.165, 1.54) is 7.11 Å². The Morgan fingerprint density at radius 1 is 1.42 bits per heavy atom. The second-order valence-corrected chi connectivity index (χ2v) is 6.51. The van der Waals surface area contributed by atoms with Gasteiger partial charge in [0.1, 0.15) is 12.1 Å². The predicted molar refractivity (Wildman–Crippen MR) is 94.0 cm³/mol. The van der Waals surface area contributed by atoms with Crippen molar-refractivity contribution in [2.45, 2.75) is 18.6 Å². The maximum atomic E-state index is 12.5. The lowest BCUT2D eigenvalue weighted by molar-refractivity contribution is -0.142. The Morgan fingerprint density at radius 3 is 2.83 bits per heavy atom. The molecule has 2 unspecified atom stereocenters. The van der Waals surface area contributed by atoms with E-state index in [9.17, 15) is 9.59 Å².